The van der Waals surface area contributed by atoms with Gasteiger partial charge in [-0.25, -0.2) is 0 Å². The highest BCUT2D eigenvalue weighted by Crippen LogP contribution is 2.44. The molecule has 1 fully saturated rings. The fourth-order valence-electron chi connectivity index (χ4n) is 3.48. The van der Waals surface area contributed by atoms with E-state index in [1.165, 1.54) is 7.11 Å². The number of hydrogen-bond acceptors (Lipinski definition) is 5. The number of esters is 1. The van der Waals surface area contributed by atoms with Crippen LogP contribution in [0.15, 0.2) is 30.3 Å². The van der Waals surface area contributed by atoms with Crippen LogP contribution in [0.2, 0.25) is 0 Å². The van der Waals surface area contributed by atoms with Crippen LogP contribution in [0.25, 0.3) is 0 Å². The molecule has 0 aromatic heterocycles. The van der Waals surface area contributed by atoms with Crippen LogP contribution < -0.4 is 5.73 Å². The second-order valence-electron chi connectivity index (χ2n) is 7.94. The van der Waals surface area contributed by atoms with E-state index in [-0.39, 0.29) is 18.4 Å². The lowest BCUT2D eigenvalue weighted by molar-refractivity contribution is -0.162. The summed E-state index contributed by atoms with van der Waals surface area (Å²) in [6.45, 7) is 8.28. The van der Waals surface area contributed by atoms with Crippen LogP contribution in [0.1, 0.15) is 39.7 Å². The third-order valence-corrected chi connectivity index (χ3v) is 5.99. The minimum absolute atomic E-state index is 0.0156. The van der Waals surface area contributed by atoms with Gasteiger partial charge in [-0.1, -0.05) is 30.3 Å². The average Bonchev–Trinajstić information content (AvgIpc) is 3.00. The number of methoxy groups -OCH3 is 2. The van der Waals surface area contributed by atoms with Crippen molar-refractivity contribution in [3.05, 3.63) is 35.9 Å². The lowest BCUT2D eigenvalue weighted by atomic mass is 9.72. The zero-order valence-electron chi connectivity index (χ0n) is 17.7. The molecule has 0 bridgehead atoms. The highest BCUT2D eigenvalue weighted by molar-refractivity contribution is 5.92. The molecule has 0 aliphatic carbocycles. The Bertz CT molecular complexity index is 643. The number of likely N-dealkylation sites (tertiary alicyclic amines) is 1. The summed E-state index contributed by atoms with van der Waals surface area (Å²) in [5, 5.41) is 0. The summed E-state index contributed by atoms with van der Waals surface area (Å²) in [5.74, 6) is -0.344. The first-order valence-electron chi connectivity index (χ1n) is 9.13. The van der Waals surface area contributed by atoms with Crippen LogP contribution >= 0.6 is 0 Å². The number of hydrogen-bond donors (Lipinski definition) is 1. The SMILES string of the molecule is COC.COC(=O)C(C)(C)C(C)(C)N1CCC(CN)(c2ccccc2)C1=O. The Balaban J connectivity index is 0.00000114. The van der Waals surface area contributed by atoms with Crippen molar-refractivity contribution in [3.8, 4) is 0 Å². The molecule has 0 radical (unpaired) electrons. The smallest absolute Gasteiger partial charge is 0.313 e. The van der Waals surface area contributed by atoms with E-state index in [1.807, 2.05) is 58.0 Å². The maximum Gasteiger partial charge on any atom is 0.313 e. The summed E-state index contributed by atoms with van der Waals surface area (Å²) in [6, 6.07) is 9.67. The van der Waals surface area contributed by atoms with Crippen molar-refractivity contribution in [1.29, 1.82) is 0 Å². The van der Waals surface area contributed by atoms with Crippen molar-refractivity contribution in [1.82, 2.24) is 4.90 Å². The van der Waals surface area contributed by atoms with E-state index in [0.29, 0.717) is 13.0 Å². The quantitative estimate of drug-likeness (QED) is 0.796. The zero-order chi connectivity index (χ0) is 20.9. The van der Waals surface area contributed by atoms with E-state index >= 15 is 0 Å². The maximum atomic E-state index is 13.4. The number of amides is 1. The molecule has 1 aliphatic rings. The largest absolute Gasteiger partial charge is 0.469 e. The van der Waals surface area contributed by atoms with E-state index in [0.717, 1.165) is 5.56 Å². The van der Waals surface area contributed by atoms with Gasteiger partial charge in [-0.2, -0.15) is 0 Å². The summed E-state index contributed by atoms with van der Waals surface area (Å²) in [4.78, 5) is 27.4. The first-order valence-corrected chi connectivity index (χ1v) is 9.13. The number of ether oxygens (including phenoxy) is 2. The van der Waals surface area contributed by atoms with Gasteiger partial charge in [0.1, 0.15) is 0 Å². The van der Waals surface area contributed by atoms with Gasteiger partial charge in [-0.3, -0.25) is 9.59 Å². The number of carbonyl (C=O) groups excluding carboxylic acids is 2. The standard InChI is InChI=1S/C19H28N2O3.C2H6O/c1-17(2,16(23)24-5)18(3,4)21-12-11-19(13-20,15(21)22)14-9-7-6-8-10-14;1-3-2/h6-10H,11-13,20H2,1-5H3;1-2H3. The maximum absolute atomic E-state index is 13.4. The van der Waals surface area contributed by atoms with Gasteiger partial charge < -0.3 is 20.1 Å². The molecule has 0 spiro atoms. The van der Waals surface area contributed by atoms with E-state index in [1.54, 1.807) is 19.1 Å². The van der Waals surface area contributed by atoms with Crippen LogP contribution in [0, 0.1) is 5.41 Å². The number of benzene rings is 1. The second kappa shape index (κ2) is 8.85. The van der Waals surface area contributed by atoms with Crippen LogP contribution in [-0.4, -0.2) is 56.7 Å². The second-order valence-corrected chi connectivity index (χ2v) is 7.94. The molecule has 152 valence electrons. The minimum Gasteiger partial charge on any atom is -0.469 e. The molecular weight excluding hydrogens is 344 g/mol. The first kappa shape index (κ1) is 23.1. The molecule has 1 atom stereocenters. The fourth-order valence-corrected chi connectivity index (χ4v) is 3.48. The molecule has 6 nitrogen and oxygen atoms in total. The highest BCUT2D eigenvalue weighted by Gasteiger charge is 2.56. The zero-order valence-corrected chi connectivity index (χ0v) is 17.7. The van der Waals surface area contributed by atoms with Gasteiger partial charge in [-0.05, 0) is 39.7 Å². The van der Waals surface area contributed by atoms with E-state index < -0.39 is 16.4 Å². The predicted octanol–water partition coefficient (Wildman–Crippen LogP) is 2.36. The topological polar surface area (TPSA) is 81.9 Å². The Hall–Kier alpha value is -1.92. The van der Waals surface area contributed by atoms with Gasteiger partial charge in [-0.15, -0.1) is 0 Å². The van der Waals surface area contributed by atoms with Crippen LogP contribution in [-0.2, 0) is 24.5 Å². The molecule has 27 heavy (non-hydrogen) atoms. The van der Waals surface area contributed by atoms with Gasteiger partial charge >= 0.3 is 5.97 Å². The summed E-state index contributed by atoms with van der Waals surface area (Å²) in [7, 11) is 4.63. The lowest BCUT2D eigenvalue weighted by Crippen LogP contribution is -2.59. The van der Waals surface area contributed by atoms with E-state index in [9.17, 15) is 9.59 Å². The molecular formula is C21H34N2O4. The predicted molar refractivity (Wildman–Crippen MR) is 106 cm³/mol. The van der Waals surface area contributed by atoms with Crippen LogP contribution in [0.5, 0.6) is 0 Å². The summed E-state index contributed by atoms with van der Waals surface area (Å²) in [5.41, 5.74) is 4.75. The van der Waals surface area contributed by atoms with Gasteiger partial charge in [0.15, 0.2) is 0 Å². The molecule has 2 rings (SSSR count). The Morgan fingerprint density at radius 1 is 1.15 bits per heavy atom. The van der Waals surface area contributed by atoms with Crippen LogP contribution in [0.3, 0.4) is 0 Å². The highest BCUT2D eigenvalue weighted by atomic mass is 16.5. The molecule has 2 N–H and O–H groups in total. The Morgan fingerprint density at radius 3 is 2.11 bits per heavy atom. The van der Waals surface area contributed by atoms with Crippen LogP contribution in [0.4, 0.5) is 0 Å². The van der Waals surface area contributed by atoms with Gasteiger partial charge in [0.2, 0.25) is 5.91 Å². The third-order valence-electron chi connectivity index (χ3n) is 5.99. The minimum atomic E-state index is -0.835. The van der Waals surface area contributed by atoms with Crippen molar-refractivity contribution in [2.45, 2.75) is 45.1 Å². The number of nitrogens with two attached hydrogens (primary N) is 1. The molecule has 1 saturated heterocycles. The molecule has 1 aromatic rings. The van der Waals surface area contributed by atoms with Gasteiger partial charge in [0.25, 0.3) is 0 Å². The Morgan fingerprint density at radius 2 is 1.67 bits per heavy atom. The molecule has 1 aromatic carbocycles. The number of carbonyl (C=O) groups is 2. The third kappa shape index (κ3) is 4.01. The van der Waals surface area contributed by atoms with Crippen molar-refractivity contribution >= 4 is 11.9 Å². The van der Waals surface area contributed by atoms with Crippen molar-refractivity contribution in [2.24, 2.45) is 11.1 Å². The van der Waals surface area contributed by atoms with Gasteiger partial charge in [0.05, 0.1) is 23.5 Å². The summed E-state index contributed by atoms with van der Waals surface area (Å²) >= 11 is 0. The summed E-state index contributed by atoms with van der Waals surface area (Å²) < 4.78 is 9.21. The summed E-state index contributed by atoms with van der Waals surface area (Å²) in [6.07, 6.45) is 0.646. The monoisotopic (exact) mass is 378 g/mol. The number of nitrogens with zero attached hydrogens (tertiary/aromatic N) is 1. The van der Waals surface area contributed by atoms with Gasteiger partial charge in [0, 0.05) is 27.3 Å². The van der Waals surface area contributed by atoms with Crippen molar-refractivity contribution in [2.75, 3.05) is 34.4 Å². The van der Waals surface area contributed by atoms with Crippen molar-refractivity contribution in [3.63, 3.8) is 0 Å². The average molecular weight is 379 g/mol. The fraction of sp³-hybridized carbons (Fsp3) is 0.619. The molecule has 6 heteroatoms. The Labute approximate surface area is 163 Å². The van der Waals surface area contributed by atoms with E-state index in [2.05, 4.69) is 4.74 Å². The Kier molecular flexibility index (Phi) is 7.57. The lowest BCUT2D eigenvalue weighted by Gasteiger charge is -2.46. The molecule has 1 heterocycles. The molecule has 1 aliphatic heterocycles. The molecule has 0 saturated carbocycles. The molecule has 1 amide bonds. The molecule has 1 unspecified atom stereocenters. The van der Waals surface area contributed by atoms with Crippen molar-refractivity contribution < 1.29 is 19.1 Å². The van der Waals surface area contributed by atoms with E-state index in [4.69, 9.17) is 10.5 Å². The normalized spacial score (nSPS) is 20.1. The first-order chi connectivity index (χ1) is 12.6. The number of rotatable bonds is 5.